The van der Waals surface area contributed by atoms with Crippen molar-refractivity contribution in [1.82, 2.24) is 9.55 Å². The van der Waals surface area contributed by atoms with Crippen molar-refractivity contribution in [3.8, 4) is 61.5 Å². The molecule has 328 valence electrons. The molecule has 4 aliphatic rings. The van der Waals surface area contributed by atoms with E-state index in [1.807, 2.05) is 12.3 Å². The third-order valence-electron chi connectivity index (χ3n) is 16.9. The van der Waals surface area contributed by atoms with E-state index in [9.17, 15) is 0 Å². The van der Waals surface area contributed by atoms with Gasteiger partial charge in [-0.15, -0.1) is 0 Å². The number of fused-ring (bicyclic) bond motifs is 13. The number of rotatable bonds is 8. The maximum absolute atomic E-state index is 4.58. The molecule has 8 aromatic carbocycles. The fourth-order valence-corrected chi connectivity index (χ4v) is 13.7. The van der Waals surface area contributed by atoms with Crippen molar-refractivity contribution in [1.29, 1.82) is 0 Å². The average Bonchev–Trinajstić information content (AvgIpc) is 4.25. The number of pyridine rings is 1. The molecule has 2 fully saturated rings. The summed E-state index contributed by atoms with van der Waals surface area (Å²) in [6, 6.07) is 72.1. The van der Waals surface area contributed by atoms with Gasteiger partial charge in [0.2, 0.25) is 0 Å². The number of nitrogens with zero attached hydrogens (tertiary/aromatic N) is 2. The fourth-order valence-electron chi connectivity index (χ4n) is 13.7. The van der Waals surface area contributed by atoms with E-state index in [0.717, 1.165) is 25.0 Å². The largest absolute Gasteiger partial charge is 0.309 e. The summed E-state index contributed by atoms with van der Waals surface area (Å²) in [7, 11) is 0. The summed E-state index contributed by atoms with van der Waals surface area (Å²) < 4.78 is 2.50. The molecule has 0 saturated heterocycles. The number of benzene rings is 8. The molecule has 0 radical (unpaired) electrons. The lowest BCUT2D eigenvalue weighted by Crippen LogP contribution is -2.20. The minimum absolute atomic E-state index is 0.141. The molecule has 2 spiro atoms. The molecule has 2 heterocycles. The molecule has 0 bridgehead atoms. The van der Waals surface area contributed by atoms with Crippen LogP contribution in [-0.4, -0.2) is 9.55 Å². The first-order chi connectivity index (χ1) is 33.6. The Morgan fingerprint density at radius 2 is 0.897 bits per heavy atom. The Kier molecular flexibility index (Phi) is 9.16. The van der Waals surface area contributed by atoms with Crippen LogP contribution in [0, 0.1) is 0 Å². The fraction of sp³-hybridized carbons (Fsp3) is 0.197. The predicted molar refractivity (Wildman–Crippen MR) is 283 cm³/mol. The molecule has 10 aromatic rings. The normalized spacial score (nSPS) is 15.9. The Labute approximate surface area is 400 Å². The van der Waals surface area contributed by atoms with Crippen molar-refractivity contribution in [2.24, 2.45) is 0 Å². The molecule has 0 atom stereocenters. The first-order valence-corrected chi connectivity index (χ1v) is 25.3. The molecule has 14 rings (SSSR count). The van der Waals surface area contributed by atoms with Crippen LogP contribution in [0.4, 0.5) is 0 Å². The highest BCUT2D eigenvalue weighted by Gasteiger charge is 2.46. The Bertz CT molecular complexity index is 3420. The Morgan fingerprint density at radius 1 is 0.382 bits per heavy atom. The quantitative estimate of drug-likeness (QED) is 0.149. The zero-order valence-electron chi connectivity index (χ0n) is 38.6. The molecule has 0 aliphatic heterocycles. The van der Waals surface area contributed by atoms with Gasteiger partial charge in [0.25, 0.3) is 0 Å². The van der Waals surface area contributed by atoms with Crippen LogP contribution in [0.2, 0.25) is 0 Å². The summed E-state index contributed by atoms with van der Waals surface area (Å²) in [6.07, 6.45) is 15.2. The van der Waals surface area contributed by atoms with E-state index in [-0.39, 0.29) is 10.8 Å². The predicted octanol–water partition coefficient (Wildman–Crippen LogP) is 17.0. The second kappa shape index (κ2) is 15.6. The van der Waals surface area contributed by atoms with Gasteiger partial charge in [-0.05, 0) is 190 Å². The summed E-state index contributed by atoms with van der Waals surface area (Å²) in [5.41, 5.74) is 26.0. The third-order valence-corrected chi connectivity index (χ3v) is 16.9. The van der Waals surface area contributed by atoms with Crippen molar-refractivity contribution in [3.63, 3.8) is 0 Å². The van der Waals surface area contributed by atoms with Crippen LogP contribution in [0.5, 0.6) is 0 Å². The Hall–Kier alpha value is -7.29. The van der Waals surface area contributed by atoms with Crippen molar-refractivity contribution < 1.29 is 0 Å². The van der Waals surface area contributed by atoms with Gasteiger partial charge in [-0.1, -0.05) is 147 Å². The zero-order chi connectivity index (χ0) is 44.8. The molecule has 4 aliphatic carbocycles. The third kappa shape index (κ3) is 6.12. The van der Waals surface area contributed by atoms with Gasteiger partial charge in [0, 0.05) is 39.1 Å². The minimum atomic E-state index is 0.141. The van der Waals surface area contributed by atoms with Crippen LogP contribution in [0.15, 0.2) is 194 Å². The number of aromatic nitrogens is 2. The molecule has 2 aromatic heterocycles. The highest BCUT2D eigenvalue weighted by atomic mass is 15.0. The highest BCUT2D eigenvalue weighted by Crippen LogP contribution is 2.59. The zero-order valence-corrected chi connectivity index (χ0v) is 38.6. The maximum atomic E-state index is 4.58. The Balaban J connectivity index is 0.846. The minimum Gasteiger partial charge on any atom is -0.309 e. The standard InChI is InChI=1S/C66H54N2/c1-3-19-58-52(17-1)54-30-24-48(42-60(54)65(58)34-6-7-35-65)46-26-32-63-56(40-46)57-41-47(49-25-31-55-53-18-2-4-20-59(53)66(61(55)43-49)36-8-9-37-66)27-33-64(57)68(63)51-28-22-44(23-29-51)13-11-14-45-15-12-16-50(39-45)62-21-5-10-38-67-62/h1-5,10,12,15-33,38-43H,6-9,11,13-14,34-37H2. The van der Waals surface area contributed by atoms with E-state index in [2.05, 4.69) is 192 Å². The second-order valence-corrected chi connectivity index (χ2v) is 20.4. The van der Waals surface area contributed by atoms with Gasteiger partial charge >= 0.3 is 0 Å². The SMILES string of the molecule is c1ccc(-c2cccc(CCCc3ccc(-n4c5ccc(-c6ccc7c(c6)C6(CCCC6)c6ccccc6-7)cc5c5cc(-c6ccc7c(c6)C6(CCCC6)c6ccccc6-7)ccc54)cc3)c2)nc1. The van der Waals surface area contributed by atoms with Crippen molar-refractivity contribution in [3.05, 3.63) is 228 Å². The number of hydrogen-bond donors (Lipinski definition) is 0. The van der Waals surface area contributed by atoms with E-state index in [4.69, 9.17) is 0 Å². The summed E-state index contributed by atoms with van der Waals surface area (Å²) in [4.78, 5) is 4.58. The molecule has 2 saturated carbocycles. The van der Waals surface area contributed by atoms with E-state index >= 15 is 0 Å². The topological polar surface area (TPSA) is 17.8 Å². The first kappa shape index (κ1) is 39.8. The number of hydrogen-bond acceptors (Lipinski definition) is 1. The molecular weight excluding hydrogens is 821 g/mol. The smallest absolute Gasteiger partial charge is 0.0702 e. The van der Waals surface area contributed by atoms with Gasteiger partial charge < -0.3 is 4.57 Å². The van der Waals surface area contributed by atoms with Gasteiger partial charge in [0.15, 0.2) is 0 Å². The molecular formula is C66H54N2. The molecule has 2 heteroatoms. The van der Waals surface area contributed by atoms with E-state index in [0.29, 0.717) is 0 Å². The second-order valence-electron chi connectivity index (χ2n) is 20.4. The Morgan fingerprint density at radius 3 is 1.47 bits per heavy atom. The van der Waals surface area contributed by atoms with Gasteiger partial charge in [0.1, 0.15) is 0 Å². The van der Waals surface area contributed by atoms with Crippen LogP contribution in [0.25, 0.3) is 83.3 Å². The van der Waals surface area contributed by atoms with E-state index in [1.165, 1.54) is 151 Å². The average molecular weight is 875 g/mol. The van der Waals surface area contributed by atoms with E-state index < -0.39 is 0 Å². The highest BCUT2D eigenvalue weighted by molar-refractivity contribution is 6.12. The van der Waals surface area contributed by atoms with Crippen LogP contribution in [0.1, 0.15) is 91.2 Å². The van der Waals surface area contributed by atoms with Gasteiger partial charge in [-0.25, -0.2) is 0 Å². The van der Waals surface area contributed by atoms with Crippen LogP contribution < -0.4 is 0 Å². The summed E-state index contributed by atoms with van der Waals surface area (Å²) in [6.45, 7) is 0. The molecule has 0 N–H and O–H groups in total. The van der Waals surface area contributed by atoms with Gasteiger partial charge in [-0.2, -0.15) is 0 Å². The molecule has 2 nitrogen and oxygen atoms in total. The lowest BCUT2D eigenvalue weighted by atomic mass is 9.76. The summed E-state index contributed by atoms with van der Waals surface area (Å²) in [5.74, 6) is 0. The molecule has 0 unspecified atom stereocenters. The molecule has 0 amide bonds. The lowest BCUT2D eigenvalue weighted by molar-refractivity contribution is 0.550. The number of aryl methyl sites for hydroxylation is 2. The van der Waals surface area contributed by atoms with Gasteiger partial charge in [-0.3, -0.25) is 4.98 Å². The van der Waals surface area contributed by atoms with Crippen molar-refractivity contribution in [2.45, 2.75) is 81.5 Å². The summed E-state index contributed by atoms with van der Waals surface area (Å²) in [5, 5.41) is 2.60. The van der Waals surface area contributed by atoms with Crippen LogP contribution >= 0.6 is 0 Å². The maximum Gasteiger partial charge on any atom is 0.0702 e. The van der Waals surface area contributed by atoms with Crippen LogP contribution in [0.3, 0.4) is 0 Å². The van der Waals surface area contributed by atoms with Crippen molar-refractivity contribution in [2.75, 3.05) is 0 Å². The monoisotopic (exact) mass is 874 g/mol. The first-order valence-electron chi connectivity index (χ1n) is 25.3. The van der Waals surface area contributed by atoms with Gasteiger partial charge in [0.05, 0.1) is 16.7 Å². The van der Waals surface area contributed by atoms with E-state index in [1.54, 1.807) is 11.1 Å². The summed E-state index contributed by atoms with van der Waals surface area (Å²) >= 11 is 0. The van der Waals surface area contributed by atoms with Crippen LogP contribution in [-0.2, 0) is 23.7 Å². The van der Waals surface area contributed by atoms with Crippen molar-refractivity contribution >= 4 is 21.8 Å². The molecule has 68 heavy (non-hydrogen) atoms. The lowest BCUT2D eigenvalue weighted by Gasteiger charge is -2.27.